The number of hydrogen-bond acceptors (Lipinski definition) is 1. The lowest BCUT2D eigenvalue weighted by Gasteiger charge is -2.21. The first-order chi connectivity index (χ1) is 3.79. The quantitative estimate of drug-likeness (QED) is 0.471. The van der Waals surface area contributed by atoms with Crippen molar-refractivity contribution >= 4 is 0 Å². The fourth-order valence-corrected chi connectivity index (χ4v) is 0.964. The molecule has 0 aromatic rings. The molecule has 0 bridgehead atoms. The van der Waals surface area contributed by atoms with Crippen molar-refractivity contribution in [2.24, 2.45) is 5.92 Å². The van der Waals surface area contributed by atoms with Crippen LogP contribution in [0, 0.1) is 5.92 Å². The van der Waals surface area contributed by atoms with Crippen LogP contribution in [0.1, 0.15) is 19.8 Å². The normalized spacial score (nSPS) is 39.8. The average Bonchev–Trinajstić information content (AvgIpc) is 1.77. The number of alkyl halides is 1. The van der Waals surface area contributed by atoms with Crippen molar-refractivity contribution in [2.45, 2.75) is 26.1 Å². The fourth-order valence-electron chi connectivity index (χ4n) is 0.964. The zero-order chi connectivity index (χ0) is 5.98. The van der Waals surface area contributed by atoms with E-state index >= 15 is 0 Å². The molecule has 0 spiro atoms. The third-order valence-electron chi connectivity index (χ3n) is 1.60. The number of hydrogen-bond donors (Lipinski definition) is 1. The monoisotopic (exact) mass is 117 g/mol. The standard InChI is InChI=1S/C6H12FN/c1-5-2-3-6(7)8-4-5/h5-6,8H,2-4H2,1H3. The van der Waals surface area contributed by atoms with Crippen LogP contribution in [0.25, 0.3) is 0 Å². The molecule has 1 aliphatic heterocycles. The molecule has 0 amide bonds. The minimum absolute atomic E-state index is 0.669. The van der Waals surface area contributed by atoms with Crippen molar-refractivity contribution < 1.29 is 4.39 Å². The highest BCUT2D eigenvalue weighted by molar-refractivity contribution is 4.67. The zero-order valence-electron chi connectivity index (χ0n) is 5.15. The number of piperidine rings is 1. The second-order valence-corrected chi connectivity index (χ2v) is 2.56. The Morgan fingerprint density at radius 3 is 2.62 bits per heavy atom. The van der Waals surface area contributed by atoms with Gasteiger partial charge in [0.1, 0.15) is 0 Å². The van der Waals surface area contributed by atoms with Gasteiger partial charge in [-0.15, -0.1) is 0 Å². The maximum absolute atomic E-state index is 12.2. The SMILES string of the molecule is CC1CCC(F)NC1. The lowest BCUT2D eigenvalue weighted by molar-refractivity contribution is 0.193. The average molecular weight is 117 g/mol. The minimum atomic E-state index is -0.730. The van der Waals surface area contributed by atoms with Crippen LogP contribution in [0.15, 0.2) is 0 Å². The smallest absolute Gasteiger partial charge is 0.151 e. The molecule has 48 valence electrons. The molecule has 0 saturated carbocycles. The molecule has 8 heavy (non-hydrogen) atoms. The van der Waals surface area contributed by atoms with Crippen LogP contribution in [0.3, 0.4) is 0 Å². The van der Waals surface area contributed by atoms with Gasteiger partial charge in [-0.2, -0.15) is 0 Å². The Hall–Kier alpha value is -0.110. The Morgan fingerprint density at radius 2 is 2.25 bits per heavy atom. The molecule has 1 rings (SSSR count). The molecule has 0 radical (unpaired) electrons. The summed E-state index contributed by atoms with van der Waals surface area (Å²) < 4.78 is 12.2. The number of halogens is 1. The van der Waals surface area contributed by atoms with Crippen molar-refractivity contribution in [3.63, 3.8) is 0 Å². The zero-order valence-corrected chi connectivity index (χ0v) is 5.15. The maximum Gasteiger partial charge on any atom is 0.151 e. The van der Waals surface area contributed by atoms with Crippen molar-refractivity contribution in [3.8, 4) is 0 Å². The summed E-state index contributed by atoms with van der Waals surface area (Å²) in [5.74, 6) is 0.669. The van der Waals surface area contributed by atoms with Gasteiger partial charge < -0.3 is 0 Å². The topological polar surface area (TPSA) is 12.0 Å². The van der Waals surface area contributed by atoms with Crippen LogP contribution in [0.4, 0.5) is 4.39 Å². The van der Waals surface area contributed by atoms with Gasteiger partial charge in [-0.25, -0.2) is 4.39 Å². The molecule has 1 nitrogen and oxygen atoms in total. The molecule has 1 N–H and O–H groups in total. The maximum atomic E-state index is 12.2. The third-order valence-corrected chi connectivity index (χ3v) is 1.60. The summed E-state index contributed by atoms with van der Waals surface area (Å²) >= 11 is 0. The summed E-state index contributed by atoms with van der Waals surface area (Å²) in [5, 5.41) is 2.77. The highest BCUT2D eigenvalue weighted by atomic mass is 19.1. The van der Waals surface area contributed by atoms with Gasteiger partial charge in [-0.1, -0.05) is 6.92 Å². The first-order valence-electron chi connectivity index (χ1n) is 3.16. The van der Waals surface area contributed by atoms with Crippen LogP contribution in [-0.2, 0) is 0 Å². The van der Waals surface area contributed by atoms with E-state index in [1.807, 2.05) is 0 Å². The van der Waals surface area contributed by atoms with Crippen LogP contribution in [-0.4, -0.2) is 12.8 Å². The second-order valence-electron chi connectivity index (χ2n) is 2.56. The van der Waals surface area contributed by atoms with Gasteiger partial charge in [0.25, 0.3) is 0 Å². The molecule has 0 aromatic carbocycles. The van der Waals surface area contributed by atoms with E-state index < -0.39 is 6.30 Å². The van der Waals surface area contributed by atoms with Gasteiger partial charge in [-0.3, -0.25) is 5.32 Å². The van der Waals surface area contributed by atoms with E-state index in [0.717, 1.165) is 13.0 Å². The highest BCUT2D eigenvalue weighted by Gasteiger charge is 2.14. The van der Waals surface area contributed by atoms with Crippen LogP contribution in [0.2, 0.25) is 0 Å². The Labute approximate surface area is 49.3 Å². The lowest BCUT2D eigenvalue weighted by atomic mass is 10.0. The molecule has 2 atom stereocenters. The molecule has 0 aliphatic carbocycles. The van der Waals surface area contributed by atoms with Crippen LogP contribution in [0.5, 0.6) is 0 Å². The Balaban J connectivity index is 2.19. The molecule has 0 aromatic heterocycles. The molecule has 1 heterocycles. The van der Waals surface area contributed by atoms with Crippen molar-refractivity contribution in [1.29, 1.82) is 0 Å². The van der Waals surface area contributed by atoms with E-state index in [2.05, 4.69) is 12.2 Å². The van der Waals surface area contributed by atoms with Crippen molar-refractivity contribution in [2.75, 3.05) is 6.54 Å². The van der Waals surface area contributed by atoms with E-state index in [1.165, 1.54) is 0 Å². The molecule has 1 fully saturated rings. The van der Waals surface area contributed by atoms with E-state index in [-0.39, 0.29) is 0 Å². The molecule has 1 saturated heterocycles. The molecule has 1 aliphatic rings. The van der Waals surface area contributed by atoms with Crippen molar-refractivity contribution in [3.05, 3.63) is 0 Å². The lowest BCUT2D eigenvalue weighted by Crippen LogP contribution is -2.34. The van der Waals surface area contributed by atoms with Gasteiger partial charge in [-0.05, 0) is 18.8 Å². The first-order valence-corrected chi connectivity index (χ1v) is 3.16. The summed E-state index contributed by atoms with van der Waals surface area (Å²) in [6, 6.07) is 0. The van der Waals surface area contributed by atoms with Gasteiger partial charge >= 0.3 is 0 Å². The molecule has 2 unspecified atom stereocenters. The Kier molecular flexibility index (Phi) is 1.84. The Bertz CT molecular complexity index is 56.9. The fraction of sp³-hybridized carbons (Fsp3) is 1.00. The van der Waals surface area contributed by atoms with E-state index in [4.69, 9.17) is 0 Å². The third kappa shape index (κ3) is 1.44. The summed E-state index contributed by atoms with van der Waals surface area (Å²) in [6.07, 6.45) is 1.00. The van der Waals surface area contributed by atoms with Gasteiger partial charge in [0.2, 0.25) is 0 Å². The summed E-state index contributed by atoms with van der Waals surface area (Å²) in [6.45, 7) is 2.99. The van der Waals surface area contributed by atoms with E-state index in [0.29, 0.717) is 12.3 Å². The minimum Gasteiger partial charge on any atom is -0.288 e. The van der Waals surface area contributed by atoms with Gasteiger partial charge in [0.05, 0.1) is 0 Å². The summed E-state index contributed by atoms with van der Waals surface area (Å²) in [7, 11) is 0. The molecule has 2 heteroatoms. The highest BCUT2D eigenvalue weighted by Crippen LogP contribution is 2.12. The van der Waals surface area contributed by atoms with Crippen molar-refractivity contribution in [1.82, 2.24) is 5.32 Å². The van der Waals surface area contributed by atoms with Gasteiger partial charge in [0, 0.05) is 6.54 Å². The van der Waals surface area contributed by atoms with Gasteiger partial charge in [0.15, 0.2) is 6.30 Å². The second kappa shape index (κ2) is 2.44. The van der Waals surface area contributed by atoms with E-state index in [1.54, 1.807) is 0 Å². The van der Waals surface area contributed by atoms with E-state index in [9.17, 15) is 4.39 Å². The summed E-state index contributed by atoms with van der Waals surface area (Å²) in [5.41, 5.74) is 0. The largest absolute Gasteiger partial charge is 0.288 e. The molecular weight excluding hydrogens is 105 g/mol. The number of nitrogens with one attached hydrogen (secondary N) is 1. The predicted molar refractivity (Wildman–Crippen MR) is 31.3 cm³/mol. The first kappa shape index (κ1) is 6.02. The number of rotatable bonds is 0. The van der Waals surface area contributed by atoms with Crippen LogP contribution < -0.4 is 5.32 Å². The molecular formula is C6H12FN. The van der Waals surface area contributed by atoms with Crippen LogP contribution >= 0.6 is 0 Å². The summed E-state index contributed by atoms with van der Waals surface area (Å²) in [4.78, 5) is 0. The Morgan fingerprint density at radius 1 is 1.50 bits per heavy atom. The predicted octanol–water partition coefficient (Wildman–Crippen LogP) is 1.30.